The summed E-state index contributed by atoms with van der Waals surface area (Å²) in [4.78, 5) is 10.7. The van der Waals surface area contributed by atoms with Gasteiger partial charge >= 0.3 is 5.97 Å². The number of carbonyl (C=O) groups is 1. The molecule has 0 spiro atoms. The largest absolute Gasteiger partial charge is 0.489 e. The van der Waals surface area contributed by atoms with Crippen LogP contribution in [0.5, 0.6) is 11.5 Å². The molecule has 172 valence electrons. The lowest BCUT2D eigenvalue weighted by atomic mass is 9.96. The van der Waals surface area contributed by atoms with E-state index in [0.717, 1.165) is 33.4 Å². The zero-order valence-electron chi connectivity index (χ0n) is 19.0. The second-order valence-electron chi connectivity index (χ2n) is 8.19. The standard InChI is InChI=1S/C29H25ClO4/c1-19-3-5-22(6-4-19)24-14-21(15-25(16-24)23-7-9-26(30)10-8-23)17-33-27-11-12-28(20(2)13-27)34-18-29(31)32/h3-16H,17-18H2,1-2H3,(H,31,32). The molecule has 4 aromatic rings. The molecule has 4 rings (SSSR count). The highest BCUT2D eigenvalue weighted by atomic mass is 35.5. The Balaban J connectivity index is 1.60. The molecule has 0 aliphatic carbocycles. The molecular formula is C29H25ClO4. The van der Waals surface area contributed by atoms with Gasteiger partial charge in [0.05, 0.1) is 0 Å². The van der Waals surface area contributed by atoms with Gasteiger partial charge in [-0.15, -0.1) is 0 Å². The van der Waals surface area contributed by atoms with Crippen LogP contribution in [0, 0.1) is 13.8 Å². The summed E-state index contributed by atoms with van der Waals surface area (Å²) in [6.45, 7) is 3.95. The maximum atomic E-state index is 10.7. The minimum absolute atomic E-state index is 0.375. The van der Waals surface area contributed by atoms with Crippen LogP contribution >= 0.6 is 11.6 Å². The quantitative estimate of drug-likeness (QED) is 0.291. The van der Waals surface area contributed by atoms with Crippen LogP contribution in [0.1, 0.15) is 16.7 Å². The summed E-state index contributed by atoms with van der Waals surface area (Å²) in [6, 6.07) is 28.1. The number of halogens is 1. The van der Waals surface area contributed by atoms with Crippen molar-refractivity contribution in [1.82, 2.24) is 0 Å². The Morgan fingerprint density at radius 3 is 1.97 bits per heavy atom. The number of aryl methyl sites for hydroxylation is 2. The van der Waals surface area contributed by atoms with Crippen LogP contribution in [0.4, 0.5) is 0 Å². The number of carboxylic acids is 1. The van der Waals surface area contributed by atoms with Crippen molar-refractivity contribution in [1.29, 1.82) is 0 Å². The summed E-state index contributed by atoms with van der Waals surface area (Å²) in [5, 5.41) is 9.51. The molecule has 34 heavy (non-hydrogen) atoms. The van der Waals surface area contributed by atoms with Gasteiger partial charge in [-0.25, -0.2) is 4.79 Å². The van der Waals surface area contributed by atoms with E-state index in [1.165, 1.54) is 5.56 Å². The number of aliphatic carboxylic acids is 1. The van der Waals surface area contributed by atoms with Crippen molar-refractivity contribution < 1.29 is 19.4 Å². The maximum Gasteiger partial charge on any atom is 0.341 e. The molecular weight excluding hydrogens is 448 g/mol. The lowest BCUT2D eigenvalue weighted by Crippen LogP contribution is -2.10. The number of carboxylic acid groups (broad SMARTS) is 1. The molecule has 4 aromatic carbocycles. The number of ether oxygens (including phenoxy) is 2. The number of hydrogen-bond donors (Lipinski definition) is 1. The molecule has 0 radical (unpaired) electrons. The smallest absolute Gasteiger partial charge is 0.341 e. The second-order valence-corrected chi connectivity index (χ2v) is 8.63. The molecule has 1 N–H and O–H groups in total. The fraction of sp³-hybridized carbons (Fsp3) is 0.138. The topological polar surface area (TPSA) is 55.8 Å². The minimum Gasteiger partial charge on any atom is -0.489 e. The van der Waals surface area contributed by atoms with Crippen molar-refractivity contribution in [3.05, 3.63) is 107 Å². The zero-order chi connectivity index (χ0) is 24.1. The van der Waals surface area contributed by atoms with Crippen molar-refractivity contribution in [2.75, 3.05) is 6.61 Å². The minimum atomic E-state index is -1.01. The third kappa shape index (κ3) is 5.97. The second kappa shape index (κ2) is 10.4. The Morgan fingerprint density at radius 1 is 0.765 bits per heavy atom. The Morgan fingerprint density at radius 2 is 1.38 bits per heavy atom. The van der Waals surface area contributed by atoms with Gasteiger partial charge in [-0.1, -0.05) is 53.6 Å². The first kappa shape index (κ1) is 23.4. The van der Waals surface area contributed by atoms with Crippen LogP contribution < -0.4 is 9.47 Å². The van der Waals surface area contributed by atoms with Crippen LogP contribution in [0.3, 0.4) is 0 Å². The lowest BCUT2D eigenvalue weighted by molar-refractivity contribution is -0.139. The van der Waals surface area contributed by atoms with E-state index in [4.69, 9.17) is 26.2 Å². The SMILES string of the molecule is Cc1ccc(-c2cc(COc3ccc(OCC(=O)O)c(C)c3)cc(-c3ccc(Cl)cc3)c2)cc1. The molecule has 5 heteroatoms. The molecule has 0 bridgehead atoms. The highest BCUT2D eigenvalue weighted by molar-refractivity contribution is 6.30. The molecule has 0 heterocycles. The number of hydrogen-bond acceptors (Lipinski definition) is 3. The fourth-order valence-corrected chi connectivity index (χ4v) is 3.80. The molecule has 0 fully saturated rings. The Labute approximate surface area is 204 Å². The van der Waals surface area contributed by atoms with E-state index in [1.54, 1.807) is 12.1 Å². The average molecular weight is 473 g/mol. The molecule has 0 amide bonds. The number of rotatable bonds is 8. The van der Waals surface area contributed by atoms with Crippen molar-refractivity contribution in [3.8, 4) is 33.8 Å². The Kier molecular flexibility index (Phi) is 7.19. The van der Waals surface area contributed by atoms with Gasteiger partial charge in [0.2, 0.25) is 0 Å². The van der Waals surface area contributed by atoms with E-state index in [1.807, 2.05) is 37.3 Å². The monoisotopic (exact) mass is 472 g/mol. The fourth-order valence-electron chi connectivity index (χ4n) is 3.68. The van der Waals surface area contributed by atoms with Crippen LogP contribution in [0.25, 0.3) is 22.3 Å². The van der Waals surface area contributed by atoms with Crippen molar-refractivity contribution in [2.24, 2.45) is 0 Å². The van der Waals surface area contributed by atoms with Gasteiger partial charge < -0.3 is 14.6 Å². The zero-order valence-corrected chi connectivity index (χ0v) is 19.8. The van der Waals surface area contributed by atoms with Crippen molar-refractivity contribution >= 4 is 17.6 Å². The van der Waals surface area contributed by atoms with Crippen LogP contribution in [-0.4, -0.2) is 17.7 Å². The maximum absolute atomic E-state index is 10.7. The van der Waals surface area contributed by atoms with E-state index in [9.17, 15) is 4.79 Å². The third-order valence-electron chi connectivity index (χ3n) is 5.46. The molecule has 0 atom stereocenters. The molecule has 0 saturated carbocycles. The Bertz CT molecular complexity index is 1230. The van der Waals surface area contributed by atoms with Crippen LogP contribution in [0.15, 0.2) is 84.9 Å². The van der Waals surface area contributed by atoms with Gasteiger partial charge in [0.1, 0.15) is 18.1 Å². The molecule has 4 nitrogen and oxygen atoms in total. The van der Waals surface area contributed by atoms with E-state index in [2.05, 4.69) is 49.4 Å². The van der Waals surface area contributed by atoms with E-state index in [-0.39, 0.29) is 6.61 Å². The van der Waals surface area contributed by atoms with Gasteiger partial charge in [-0.05, 0) is 95.8 Å². The molecule has 0 aromatic heterocycles. The first-order chi connectivity index (χ1) is 16.4. The molecule has 0 saturated heterocycles. The highest BCUT2D eigenvalue weighted by Gasteiger charge is 2.09. The first-order valence-corrected chi connectivity index (χ1v) is 11.3. The third-order valence-corrected chi connectivity index (χ3v) is 5.71. The predicted molar refractivity (Wildman–Crippen MR) is 136 cm³/mol. The van der Waals surface area contributed by atoms with Gasteiger partial charge in [0.15, 0.2) is 6.61 Å². The lowest BCUT2D eigenvalue weighted by Gasteiger charge is -2.13. The van der Waals surface area contributed by atoms with Gasteiger partial charge in [-0.2, -0.15) is 0 Å². The van der Waals surface area contributed by atoms with E-state index < -0.39 is 5.97 Å². The summed E-state index contributed by atoms with van der Waals surface area (Å²) in [6.07, 6.45) is 0. The molecule has 0 aliphatic rings. The van der Waals surface area contributed by atoms with Crippen LogP contribution in [0.2, 0.25) is 5.02 Å². The summed E-state index contributed by atoms with van der Waals surface area (Å²) in [5.41, 5.74) is 7.48. The normalized spacial score (nSPS) is 10.7. The summed E-state index contributed by atoms with van der Waals surface area (Å²) in [7, 11) is 0. The first-order valence-electron chi connectivity index (χ1n) is 10.9. The highest BCUT2D eigenvalue weighted by Crippen LogP contribution is 2.30. The van der Waals surface area contributed by atoms with Crippen molar-refractivity contribution in [2.45, 2.75) is 20.5 Å². The molecule has 0 unspecified atom stereocenters. The molecule has 0 aliphatic heterocycles. The van der Waals surface area contributed by atoms with Gasteiger partial charge in [-0.3, -0.25) is 0 Å². The van der Waals surface area contributed by atoms with Crippen molar-refractivity contribution in [3.63, 3.8) is 0 Å². The van der Waals surface area contributed by atoms with Gasteiger partial charge in [0.25, 0.3) is 0 Å². The average Bonchev–Trinajstić information content (AvgIpc) is 2.83. The van der Waals surface area contributed by atoms with Gasteiger partial charge in [0, 0.05) is 5.02 Å². The predicted octanol–water partition coefficient (Wildman–Crippen LogP) is 7.33. The summed E-state index contributed by atoms with van der Waals surface area (Å²) >= 11 is 6.09. The van der Waals surface area contributed by atoms with E-state index in [0.29, 0.717) is 23.1 Å². The number of benzene rings is 4. The summed E-state index contributed by atoms with van der Waals surface area (Å²) < 4.78 is 11.4. The van der Waals surface area contributed by atoms with Crippen LogP contribution in [-0.2, 0) is 11.4 Å². The Hall–Kier alpha value is -3.76. The summed E-state index contributed by atoms with van der Waals surface area (Å²) in [5.74, 6) is 0.208. The van der Waals surface area contributed by atoms with E-state index >= 15 is 0 Å².